The van der Waals surface area contributed by atoms with Crippen molar-refractivity contribution in [3.05, 3.63) is 63.0 Å². The Labute approximate surface area is 198 Å². The lowest BCUT2D eigenvalue weighted by molar-refractivity contribution is -0.152. The molecular formula is C24H22ClF3N2O4. The van der Waals surface area contributed by atoms with E-state index in [2.05, 4.69) is 4.90 Å². The van der Waals surface area contributed by atoms with Gasteiger partial charge in [-0.25, -0.2) is 0 Å². The van der Waals surface area contributed by atoms with Crippen LogP contribution in [0.15, 0.2) is 45.6 Å². The molecule has 3 heterocycles. The van der Waals surface area contributed by atoms with E-state index >= 15 is 0 Å². The van der Waals surface area contributed by atoms with E-state index in [0.29, 0.717) is 49.4 Å². The van der Waals surface area contributed by atoms with Crippen molar-refractivity contribution < 1.29 is 27.1 Å². The number of nitrogens with zero attached hydrogens (tertiary/aromatic N) is 2. The van der Waals surface area contributed by atoms with Gasteiger partial charge in [-0.2, -0.15) is 13.2 Å². The van der Waals surface area contributed by atoms with Gasteiger partial charge in [-0.15, -0.1) is 0 Å². The molecule has 0 bridgehead atoms. The maximum absolute atomic E-state index is 14.0. The number of alkyl halides is 3. The van der Waals surface area contributed by atoms with E-state index < -0.39 is 22.9 Å². The predicted octanol–water partition coefficient (Wildman–Crippen LogP) is 4.62. The third-order valence-electron chi connectivity index (χ3n) is 6.13. The lowest BCUT2D eigenvalue weighted by atomic mass is 10.00. The summed E-state index contributed by atoms with van der Waals surface area (Å²) in [5.41, 5.74) is -0.838. The average molecular weight is 495 g/mol. The summed E-state index contributed by atoms with van der Waals surface area (Å²) in [5.74, 6) is -0.906. The van der Waals surface area contributed by atoms with Gasteiger partial charge >= 0.3 is 6.18 Å². The smallest absolute Gasteiger partial charge is 0.450 e. The van der Waals surface area contributed by atoms with Gasteiger partial charge in [-0.3, -0.25) is 14.6 Å². The van der Waals surface area contributed by atoms with Crippen LogP contribution < -0.4 is 10.2 Å². The van der Waals surface area contributed by atoms with Crippen molar-refractivity contribution in [3.63, 3.8) is 0 Å². The highest BCUT2D eigenvalue weighted by atomic mass is 35.5. The summed E-state index contributed by atoms with van der Waals surface area (Å²) in [7, 11) is 0. The highest BCUT2D eigenvalue weighted by Gasteiger charge is 2.40. The van der Waals surface area contributed by atoms with Crippen LogP contribution in [0.2, 0.25) is 5.02 Å². The standard InChI is InChI=1S/C24H22ClF3N2O4/c25-16-3-1-15(2-4-16)20-21(31)17-5-6-19-18(22(17)34-23(20)24(26,27)28)13-30(14-33-19)8-7-29-9-11-32-12-10-29/h1-6H,7-14H2. The van der Waals surface area contributed by atoms with Crippen LogP contribution in [-0.2, 0) is 17.5 Å². The van der Waals surface area contributed by atoms with Crippen molar-refractivity contribution >= 4 is 22.6 Å². The highest BCUT2D eigenvalue weighted by molar-refractivity contribution is 6.30. The Morgan fingerprint density at radius 2 is 1.68 bits per heavy atom. The average Bonchev–Trinajstić information content (AvgIpc) is 2.83. The van der Waals surface area contributed by atoms with Gasteiger partial charge in [0.1, 0.15) is 18.1 Å². The Bertz CT molecular complexity index is 1250. The largest absolute Gasteiger partial charge is 0.478 e. The van der Waals surface area contributed by atoms with Gasteiger partial charge in [0.25, 0.3) is 0 Å². The molecule has 6 nitrogen and oxygen atoms in total. The quantitative estimate of drug-likeness (QED) is 0.528. The molecule has 2 aliphatic rings. The summed E-state index contributed by atoms with van der Waals surface area (Å²) >= 11 is 5.88. The summed E-state index contributed by atoms with van der Waals surface area (Å²) in [6.45, 7) is 5.12. The van der Waals surface area contributed by atoms with E-state index in [-0.39, 0.29) is 16.5 Å². The number of ether oxygens (including phenoxy) is 2. The van der Waals surface area contributed by atoms with E-state index in [4.69, 9.17) is 25.5 Å². The van der Waals surface area contributed by atoms with Gasteiger partial charge in [-0.05, 0) is 29.8 Å². The minimum Gasteiger partial charge on any atom is -0.478 e. The molecule has 3 aromatic rings. The number of fused-ring (bicyclic) bond motifs is 3. The zero-order valence-corrected chi connectivity index (χ0v) is 18.9. The molecule has 0 unspecified atom stereocenters. The summed E-state index contributed by atoms with van der Waals surface area (Å²) in [5, 5.41) is 0.432. The van der Waals surface area contributed by atoms with Crippen molar-refractivity contribution in [1.82, 2.24) is 9.80 Å². The second kappa shape index (κ2) is 9.22. The van der Waals surface area contributed by atoms with Crippen LogP contribution in [0, 0.1) is 0 Å². The Morgan fingerprint density at radius 1 is 0.971 bits per heavy atom. The van der Waals surface area contributed by atoms with Gasteiger partial charge in [0, 0.05) is 37.7 Å². The maximum Gasteiger partial charge on any atom is 0.450 e. The van der Waals surface area contributed by atoms with Crippen LogP contribution in [0.25, 0.3) is 22.1 Å². The monoisotopic (exact) mass is 494 g/mol. The molecule has 34 heavy (non-hydrogen) atoms. The van der Waals surface area contributed by atoms with Crippen molar-refractivity contribution in [3.8, 4) is 16.9 Å². The summed E-state index contributed by atoms with van der Waals surface area (Å²) in [6.07, 6.45) is -4.86. The second-order valence-electron chi connectivity index (χ2n) is 8.34. The maximum atomic E-state index is 14.0. The van der Waals surface area contributed by atoms with Crippen molar-refractivity contribution in [1.29, 1.82) is 0 Å². The van der Waals surface area contributed by atoms with Gasteiger partial charge in [0.2, 0.25) is 11.2 Å². The first-order valence-corrected chi connectivity index (χ1v) is 11.3. The lowest BCUT2D eigenvalue weighted by Crippen LogP contribution is -2.43. The fraction of sp³-hybridized carbons (Fsp3) is 0.375. The molecule has 0 amide bonds. The van der Waals surface area contributed by atoms with Gasteiger partial charge < -0.3 is 13.9 Å². The van der Waals surface area contributed by atoms with Crippen LogP contribution in [0.1, 0.15) is 11.3 Å². The van der Waals surface area contributed by atoms with E-state index in [0.717, 1.165) is 19.6 Å². The van der Waals surface area contributed by atoms with E-state index in [1.165, 1.54) is 30.3 Å². The van der Waals surface area contributed by atoms with Gasteiger partial charge in [-0.1, -0.05) is 23.7 Å². The minimum atomic E-state index is -4.86. The molecule has 180 valence electrons. The normalized spacial score (nSPS) is 17.5. The number of hydrogen-bond donors (Lipinski definition) is 0. The molecule has 1 aromatic heterocycles. The Hall–Kier alpha value is -2.59. The van der Waals surface area contributed by atoms with E-state index in [9.17, 15) is 18.0 Å². The fourth-order valence-electron chi connectivity index (χ4n) is 4.34. The fourth-order valence-corrected chi connectivity index (χ4v) is 4.47. The molecule has 0 radical (unpaired) electrons. The van der Waals surface area contributed by atoms with Crippen molar-refractivity contribution in [2.75, 3.05) is 46.1 Å². The minimum absolute atomic E-state index is 0.0790. The van der Waals surface area contributed by atoms with Gasteiger partial charge in [0.05, 0.1) is 29.7 Å². The molecule has 2 aromatic carbocycles. The molecule has 2 aliphatic heterocycles. The summed E-state index contributed by atoms with van der Waals surface area (Å²) in [6, 6.07) is 8.71. The van der Waals surface area contributed by atoms with Crippen LogP contribution in [0.4, 0.5) is 13.2 Å². The molecule has 0 N–H and O–H groups in total. The SMILES string of the molecule is O=c1c(-c2ccc(Cl)cc2)c(C(F)(F)F)oc2c3c(ccc12)OCN(CCN1CCOCC1)C3. The number of morpholine rings is 1. The zero-order valence-electron chi connectivity index (χ0n) is 18.2. The van der Waals surface area contributed by atoms with Crippen LogP contribution >= 0.6 is 11.6 Å². The molecule has 10 heteroatoms. The summed E-state index contributed by atoms with van der Waals surface area (Å²) < 4.78 is 58.8. The predicted molar refractivity (Wildman–Crippen MR) is 121 cm³/mol. The molecule has 5 rings (SSSR count). The van der Waals surface area contributed by atoms with Crippen molar-refractivity contribution in [2.24, 2.45) is 0 Å². The first-order valence-electron chi connectivity index (χ1n) is 10.9. The van der Waals surface area contributed by atoms with E-state index in [1.807, 2.05) is 4.90 Å². The van der Waals surface area contributed by atoms with Crippen LogP contribution in [0.3, 0.4) is 0 Å². The number of hydrogen-bond acceptors (Lipinski definition) is 6. The molecule has 0 atom stereocenters. The molecular weight excluding hydrogens is 473 g/mol. The Balaban J connectivity index is 1.55. The molecule has 0 aliphatic carbocycles. The van der Waals surface area contributed by atoms with Crippen LogP contribution in [0.5, 0.6) is 5.75 Å². The number of halogens is 4. The Kier molecular flexibility index (Phi) is 6.28. The third kappa shape index (κ3) is 4.53. The first-order chi connectivity index (χ1) is 16.3. The topological polar surface area (TPSA) is 55.2 Å². The summed E-state index contributed by atoms with van der Waals surface area (Å²) in [4.78, 5) is 17.6. The first kappa shape index (κ1) is 23.2. The molecule has 1 saturated heterocycles. The van der Waals surface area contributed by atoms with E-state index in [1.54, 1.807) is 6.07 Å². The van der Waals surface area contributed by atoms with Crippen LogP contribution in [-0.4, -0.2) is 55.9 Å². The number of benzene rings is 2. The van der Waals surface area contributed by atoms with Gasteiger partial charge in [0.15, 0.2) is 0 Å². The number of rotatable bonds is 4. The second-order valence-corrected chi connectivity index (χ2v) is 8.78. The zero-order chi connectivity index (χ0) is 23.9. The van der Waals surface area contributed by atoms with Crippen molar-refractivity contribution in [2.45, 2.75) is 12.7 Å². The molecule has 0 saturated carbocycles. The highest BCUT2D eigenvalue weighted by Crippen LogP contribution is 2.40. The molecule has 1 fully saturated rings. The lowest BCUT2D eigenvalue weighted by Gasteiger charge is -2.32. The Morgan fingerprint density at radius 3 is 2.38 bits per heavy atom. The third-order valence-corrected chi connectivity index (χ3v) is 6.38. The molecule has 0 spiro atoms.